The van der Waals surface area contributed by atoms with Crippen molar-refractivity contribution in [3.8, 4) is 28.7 Å². The molecule has 15 nitrogen and oxygen atoms in total. The number of allylic oxidation sites excluding steroid dienone is 2. The zero-order valence-corrected chi connectivity index (χ0v) is 35.3. The number of esters is 1. The van der Waals surface area contributed by atoms with E-state index >= 15 is 0 Å². The van der Waals surface area contributed by atoms with Crippen LogP contribution in [-0.2, 0) is 23.8 Å². The van der Waals surface area contributed by atoms with Gasteiger partial charge in [0.2, 0.25) is 0 Å². The Morgan fingerprint density at radius 2 is 1.57 bits per heavy atom. The quantitative estimate of drug-likeness (QED) is 0.0699. The van der Waals surface area contributed by atoms with Gasteiger partial charge >= 0.3 is 11.8 Å². The first kappa shape index (κ1) is 45.2. The van der Waals surface area contributed by atoms with Crippen LogP contribution in [0.2, 0.25) is 0 Å². The van der Waals surface area contributed by atoms with Crippen molar-refractivity contribution >= 4 is 46.0 Å². The Hall–Kier alpha value is -5.90. The van der Waals surface area contributed by atoms with Gasteiger partial charge in [0.05, 0.1) is 59.6 Å². The smallest absolute Gasteiger partial charge is 0.312 e. The number of nitrogens with one attached hydrogen (secondary N) is 1. The van der Waals surface area contributed by atoms with Crippen molar-refractivity contribution in [3.05, 3.63) is 77.1 Å². The molecule has 3 aromatic rings. The first-order chi connectivity index (χ1) is 28.3. The van der Waals surface area contributed by atoms with Crippen molar-refractivity contribution in [3.63, 3.8) is 0 Å². The third-order valence-corrected chi connectivity index (χ3v) is 11.4. The topological polar surface area (TPSA) is 223 Å². The molecule has 0 aromatic heterocycles. The lowest BCUT2D eigenvalue weighted by Gasteiger charge is -2.38. The molecule has 60 heavy (non-hydrogen) atoms. The number of aliphatic imine (C=N–C) groups is 1. The molecule has 0 spiro atoms. The fourth-order valence-corrected chi connectivity index (χ4v) is 7.68. The number of aromatic hydroxyl groups is 3. The number of benzene rings is 3. The van der Waals surface area contributed by atoms with Crippen LogP contribution in [0.15, 0.2) is 65.4 Å². The van der Waals surface area contributed by atoms with Crippen LogP contribution in [0.4, 0.5) is 11.4 Å². The highest BCUT2D eigenvalue weighted by molar-refractivity contribution is 6.24. The molecule has 1 amide bonds. The largest absolute Gasteiger partial charge is 0.507 e. The standard InChI is InChI=1S/C45H54N2O13/c1-21-12-11-13-22(2)44(55)47-35-30(20-46-28-14-16-29(56-9)17-15-28)39(52)32-33(40(35)53)38(51)26(6)42-34(32)43(54)45(8,60-42)58-19-18-31(57-10)23(3)41(59-27(7)48)25(5)37(50)24(4)36(21)49/h11-21,23-25,31,36-37,41,49-53H,1-10H3,(H,47,55)/b12-11+,19-18+,22-13?,46-20?. The number of aliphatic hydroxyl groups excluding tert-OH is 2. The van der Waals surface area contributed by atoms with Crippen molar-refractivity contribution in [1.29, 1.82) is 0 Å². The molecule has 3 aliphatic rings. The molecule has 0 radical (unpaired) electrons. The summed E-state index contributed by atoms with van der Waals surface area (Å²) in [6.07, 6.45) is 4.64. The second-order valence-corrected chi connectivity index (χ2v) is 15.6. The Labute approximate surface area is 348 Å². The number of hydrogen-bond acceptors (Lipinski definition) is 14. The number of carbonyl (C=O) groups is 3. The predicted octanol–water partition coefficient (Wildman–Crippen LogP) is 6.51. The molecule has 3 heterocycles. The molecule has 0 fully saturated rings. The fraction of sp³-hybridized carbons (Fsp3) is 0.422. The predicted molar refractivity (Wildman–Crippen MR) is 224 cm³/mol. The molecular formula is C45H54N2O13. The highest BCUT2D eigenvalue weighted by atomic mass is 16.7. The van der Waals surface area contributed by atoms with Crippen molar-refractivity contribution in [2.75, 3.05) is 19.5 Å². The van der Waals surface area contributed by atoms with Crippen LogP contribution in [0, 0.1) is 30.6 Å². The second-order valence-electron chi connectivity index (χ2n) is 15.6. The van der Waals surface area contributed by atoms with Gasteiger partial charge in [-0.1, -0.05) is 45.9 Å². The number of Topliss-reactive ketones (excluding diaryl/α,β-unsaturated/α-hetero) is 1. The van der Waals surface area contributed by atoms with Crippen molar-refractivity contribution in [2.24, 2.45) is 28.7 Å². The zero-order valence-electron chi connectivity index (χ0n) is 35.3. The Kier molecular flexibility index (Phi) is 13.7. The summed E-state index contributed by atoms with van der Waals surface area (Å²) in [5, 5.41) is 60.4. The normalized spacial score (nSPS) is 28.8. The van der Waals surface area contributed by atoms with E-state index in [1.54, 1.807) is 64.1 Å². The lowest BCUT2D eigenvalue weighted by Crippen LogP contribution is -2.46. The van der Waals surface area contributed by atoms with Crippen LogP contribution < -0.4 is 14.8 Å². The number of carbonyl (C=O) groups excluding carboxylic acids is 3. The van der Waals surface area contributed by atoms with Crippen LogP contribution in [0.25, 0.3) is 10.8 Å². The molecule has 15 heteroatoms. The number of ketones is 1. The van der Waals surface area contributed by atoms with Crippen LogP contribution in [-0.4, -0.2) is 93.8 Å². The molecule has 322 valence electrons. The number of phenolic OH excluding ortho intramolecular Hbond substituents is 3. The van der Waals surface area contributed by atoms with E-state index in [2.05, 4.69) is 10.3 Å². The maximum absolute atomic E-state index is 14.4. The summed E-state index contributed by atoms with van der Waals surface area (Å²) in [6.45, 7) is 12.4. The minimum Gasteiger partial charge on any atom is -0.507 e. The zero-order chi connectivity index (χ0) is 44.4. The van der Waals surface area contributed by atoms with Gasteiger partial charge in [0.25, 0.3) is 11.7 Å². The van der Waals surface area contributed by atoms with E-state index in [1.807, 2.05) is 0 Å². The van der Waals surface area contributed by atoms with Crippen LogP contribution in [0.3, 0.4) is 0 Å². The number of fused-ring (bicyclic) bond motifs is 14. The van der Waals surface area contributed by atoms with E-state index in [1.165, 1.54) is 66.5 Å². The summed E-state index contributed by atoms with van der Waals surface area (Å²) in [5.74, 6) is -8.06. The summed E-state index contributed by atoms with van der Waals surface area (Å²) in [6, 6.07) is 6.60. The van der Waals surface area contributed by atoms with Gasteiger partial charge in [-0.2, -0.15) is 0 Å². The molecule has 0 saturated carbocycles. The number of ether oxygens (including phenoxy) is 5. The number of anilines is 1. The molecule has 9 unspecified atom stereocenters. The number of amides is 1. The molecule has 9 atom stereocenters. The number of phenols is 3. The van der Waals surface area contributed by atoms with Crippen molar-refractivity contribution < 1.29 is 63.6 Å². The Balaban J connectivity index is 1.73. The third kappa shape index (κ3) is 8.69. The number of methoxy groups -OCH3 is 2. The van der Waals surface area contributed by atoms with Gasteiger partial charge in [0.15, 0.2) is 5.75 Å². The third-order valence-electron chi connectivity index (χ3n) is 11.4. The average Bonchev–Trinajstić information content (AvgIpc) is 3.49. The summed E-state index contributed by atoms with van der Waals surface area (Å²) in [5.41, 5.74) is -0.141. The van der Waals surface area contributed by atoms with Gasteiger partial charge in [-0.3, -0.25) is 19.4 Å². The molecule has 5 bridgehead atoms. The Bertz CT molecular complexity index is 2260. The van der Waals surface area contributed by atoms with E-state index in [0.29, 0.717) is 11.4 Å². The van der Waals surface area contributed by atoms with Gasteiger partial charge in [-0.25, -0.2) is 0 Å². The molecule has 0 saturated heterocycles. The average molecular weight is 831 g/mol. The molecular weight excluding hydrogens is 776 g/mol. The first-order valence-corrected chi connectivity index (χ1v) is 19.5. The van der Waals surface area contributed by atoms with Gasteiger partial charge < -0.3 is 54.5 Å². The van der Waals surface area contributed by atoms with Crippen LogP contribution in [0.5, 0.6) is 28.7 Å². The number of nitrogens with zero attached hydrogens (tertiary/aromatic N) is 1. The summed E-state index contributed by atoms with van der Waals surface area (Å²) >= 11 is 0. The number of aliphatic hydroxyl groups is 2. The number of rotatable bonds is 5. The minimum absolute atomic E-state index is 0.0335. The van der Waals surface area contributed by atoms with E-state index < -0.39 is 88.8 Å². The highest BCUT2D eigenvalue weighted by Crippen LogP contribution is 2.55. The molecule has 0 aliphatic carbocycles. The summed E-state index contributed by atoms with van der Waals surface area (Å²) in [7, 11) is 2.94. The van der Waals surface area contributed by atoms with Gasteiger partial charge in [-0.05, 0) is 44.2 Å². The monoisotopic (exact) mass is 830 g/mol. The van der Waals surface area contributed by atoms with Gasteiger partial charge in [-0.15, -0.1) is 0 Å². The minimum atomic E-state index is -2.07. The Morgan fingerprint density at radius 1 is 0.900 bits per heavy atom. The second kappa shape index (κ2) is 18.2. The van der Waals surface area contributed by atoms with E-state index in [9.17, 15) is 39.9 Å². The highest BCUT2D eigenvalue weighted by Gasteiger charge is 2.50. The SMILES string of the molecule is COc1ccc(N=Cc2c3c(O)c4c(O)c(C)c5c(c4c2O)C(=O)C(C)(O/C=C/C(OC)C(C)C(OC(C)=O)C(C)C(O)C(C)C(O)C(C)/C=C/C=C(C)C(=O)N3)O5)cc1. The molecule has 3 aromatic carbocycles. The van der Waals surface area contributed by atoms with Crippen LogP contribution >= 0.6 is 0 Å². The van der Waals surface area contributed by atoms with E-state index in [0.717, 1.165) is 0 Å². The van der Waals surface area contributed by atoms with E-state index in [-0.39, 0.29) is 44.5 Å². The van der Waals surface area contributed by atoms with Gasteiger partial charge in [0.1, 0.15) is 29.1 Å². The molecule has 6 rings (SSSR count). The maximum Gasteiger partial charge on any atom is 0.312 e. The number of hydrogen-bond donors (Lipinski definition) is 6. The van der Waals surface area contributed by atoms with Crippen molar-refractivity contribution in [2.45, 2.75) is 85.6 Å². The first-order valence-electron chi connectivity index (χ1n) is 19.5. The maximum atomic E-state index is 14.4. The summed E-state index contributed by atoms with van der Waals surface area (Å²) in [4.78, 5) is 45.0. The lowest BCUT2D eigenvalue weighted by atomic mass is 9.78. The molecule has 3 aliphatic heterocycles. The van der Waals surface area contributed by atoms with Gasteiger partial charge in [0, 0.05) is 67.4 Å². The lowest BCUT2D eigenvalue weighted by molar-refractivity contribution is -0.160. The fourth-order valence-electron chi connectivity index (χ4n) is 7.68. The molecule has 6 N–H and O–H groups in total. The Morgan fingerprint density at radius 3 is 2.18 bits per heavy atom. The van der Waals surface area contributed by atoms with Crippen molar-refractivity contribution in [1.82, 2.24) is 0 Å². The van der Waals surface area contributed by atoms with E-state index in [4.69, 9.17) is 23.7 Å². The van der Waals surface area contributed by atoms with Crippen LogP contribution in [0.1, 0.15) is 70.0 Å². The summed E-state index contributed by atoms with van der Waals surface area (Å²) < 4.78 is 28.8.